The predicted molar refractivity (Wildman–Crippen MR) is 68.9 cm³/mol. The topological polar surface area (TPSA) is 58.6 Å². The van der Waals surface area contributed by atoms with Crippen LogP contribution in [0.15, 0.2) is 0 Å². The maximum atomic E-state index is 11.3. The first kappa shape index (κ1) is 16.4. The van der Waals surface area contributed by atoms with Crippen LogP contribution in [0.5, 0.6) is 0 Å². The lowest BCUT2D eigenvalue weighted by Gasteiger charge is -2.25. The lowest BCUT2D eigenvalue weighted by atomic mass is 10.0. The van der Waals surface area contributed by atoms with Crippen molar-refractivity contribution >= 4 is 5.97 Å². The molecule has 0 amide bonds. The molecule has 0 aliphatic heterocycles. The maximum Gasteiger partial charge on any atom is 0.338 e. The van der Waals surface area contributed by atoms with Crippen LogP contribution in [-0.4, -0.2) is 36.4 Å². The van der Waals surface area contributed by atoms with Crippen LogP contribution < -0.4 is 5.32 Å². The summed E-state index contributed by atoms with van der Waals surface area (Å²) in [6.07, 6.45) is 5.58. The van der Waals surface area contributed by atoms with Crippen molar-refractivity contribution in [3.63, 3.8) is 0 Å². The van der Waals surface area contributed by atoms with Gasteiger partial charge in [-0.1, -0.05) is 33.1 Å². The molecule has 4 nitrogen and oxygen atoms in total. The zero-order valence-corrected chi connectivity index (χ0v) is 11.6. The van der Waals surface area contributed by atoms with E-state index in [4.69, 9.17) is 0 Å². The molecule has 0 rings (SSSR count). The van der Waals surface area contributed by atoms with E-state index in [9.17, 15) is 9.90 Å². The lowest BCUT2D eigenvalue weighted by molar-refractivity contribution is -0.160. The molecule has 0 aliphatic carbocycles. The Bertz CT molecular complexity index is 217. The van der Waals surface area contributed by atoms with E-state index in [2.05, 4.69) is 23.9 Å². The van der Waals surface area contributed by atoms with E-state index in [1.165, 1.54) is 14.0 Å². The molecule has 0 aromatic heterocycles. The van der Waals surface area contributed by atoms with Crippen LogP contribution >= 0.6 is 0 Å². The van der Waals surface area contributed by atoms with Crippen molar-refractivity contribution in [2.45, 2.75) is 64.5 Å². The first-order valence-corrected chi connectivity index (χ1v) is 6.52. The van der Waals surface area contributed by atoms with Crippen molar-refractivity contribution in [3.05, 3.63) is 0 Å². The van der Waals surface area contributed by atoms with Crippen molar-refractivity contribution in [1.29, 1.82) is 0 Å². The fourth-order valence-electron chi connectivity index (χ4n) is 1.78. The Hall–Kier alpha value is -0.610. The Morgan fingerprint density at radius 1 is 1.35 bits per heavy atom. The van der Waals surface area contributed by atoms with Crippen LogP contribution in [0.25, 0.3) is 0 Å². The van der Waals surface area contributed by atoms with Crippen LogP contribution in [0.2, 0.25) is 0 Å². The Morgan fingerprint density at radius 2 is 2.00 bits per heavy atom. The second-order valence-corrected chi connectivity index (χ2v) is 4.77. The van der Waals surface area contributed by atoms with Crippen LogP contribution in [-0.2, 0) is 9.53 Å². The standard InChI is InChI=1S/C13H27NO3/c1-5-7-9-11(8-6-2)14-10-13(3,16)12(15)17-4/h11,14,16H,5-10H2,1-4H3. The van der Waals surface area contributed by atoms with Gasteiger partial charge in [-0.05, 0) is 19.8 Å². The molecule has 102 valence electrons. The third-order valence-electron chi connectivity index (χ3n) is 2.90. The summed E-state index contributed by atoms with van der Waals surface area (Å²) in [6, 6.07) is 0.371. The van der Waals surface area contributed by atoms with E-state index < -0.39 is 11.6 Å². The van der Waals surface area contributed by atoms with Gasteiger partial charge in [0.25, 0.3) is 0 Å². The highest BCUT2D eigenvalue weighted by molar-refractivity contribution is 5.78. The Morgan fingerprint density at radius 3 is 2.47 bits per heavy atom. The van der Waals surface area contributed by atoms with Gasteiger partial charge in [0.05, 0.1) is 7.11 Å². The number of unbranched alkanes of at least 4 members (excludes halogenated alkanes) is 1. The van der Waals surface area contributed by atoms with Gasteiger partial charge in [-0.2, -0.15) is 0 Å². The van der Waals surface area contributed by atoms with Crippen LogP contribution in [0, 0.1) is 0 Å². The van der Waals surface area contributed by atoms with E-state index in [1.54, 1.807) is 0 Å². The summed E-state index contributed by atoms with van der Waals surface area (Å²) >= 11 is 0. The average molecular weight is 245 g/mol. The van der Waals surface area contributed by atoms with Crippen molar-refractivity contribution < 1.29 is 14.6 Å². The van der Waals surface area contributed by atoms with Gasteiger partial charge in [0, 0.05) is 12.6 Å². The number of methoxy groups -OCH3 is 1. The number of esters is 1. The molecular weight excluding hydrogens is 218 g/mol. The van der Waals surface area contributed by atoms with Gasteiger partial charge in [0.2, 0.25) is 0 Å². The Labute approximate surface area is 105 Å². The van der Waals surface area contributed by atoms with E-state index in [0.717, 1.165) is 32.1 Å². The summed E-state index contributed by atoms with van der Waals surface area (Å²) < 4.78 is 4.56. The highest BCUT2D eigenvalue weighted by atomic mass is 16.5. The second-order valence-electron chi connectivity index (χ2n) is 4.77. The van der Waals surface area contributed by atoms with Crippen LogP contribution in [0.1, 0.15) is 52.9 Å². The fourth-order valence-corrected chi connectivity index (χ4v) is 1.78. The first-order valence-electron chi connectivity index (χ1n) is 6.52. The molecule has 0 saturated heterocycles. The summed E-state index contributed by atoms with van der Waals surface area (Å²) in [7, 11) is 1.29. The van der Waals surface area contributed by atoms with E-state index >= 15 is 0 Å². The molecule has 0 aromatic carbocycles. The molecule has 0 heterocycles. The zero-order chi connectivity index (χ0) is 13.3. The minimum Gasteiger partial charge on any atom is -0.467 e. The lowest BCUT2D eigenvalue weighted by Crippen LogP contribution is -2.48. The molecule has 4 heteroatoms. The second kappa shape index (κ2) is 8.48. The molecule has 0 spiro atoms. The summed E-state index contributed by atoms with van der Waals surface area (Å²) in [6.45, 7) is 6.02. The van der Waals surface area contributed by atoms with Crippen LogP contribution in [0.3, 0.4) is 0 Å². The number of nitrogens with one attached hydrogen (secondary N) is 1. The smallest absolute Gasteiger partial charge is 0.338 e. The molecule has 0 aromatic rings. The van der Waals surface area contributed by atoms with E-state index in [0.29, 0.717) is 6.04 Å². The summed E-state index contributed by atoms with van der Waals surface area (Å²) in [5.41, 5.74) is -1.44. The SMILES string of the molecule is CCCCC(CCC)NCC(C)(O)C(=O)OC. The molecule has 0 fully saturated rings. The third kappa shape index (κ3) is 6.64. The van der Waals surface area contributed by atoms with Gasteiger partial charge in [-0.25, -0.2) is 4.79 Å². The molecule has 2 unspecified atom stereocenters. The van der Waals surface area contributed by atoms with E-state index in [1.807, 2.05) is 0 Å². The summed E-state index contributed by atoms with van der Waals surface area (Å²) in [5, 5.41) is 13.1. The Balaban J connectivity index is 4.13. The normalized spacial score (nSPS) is 16.3. The summed E-state index contributed by atoms with van der Waals surface area (Å²) in [4.78, 5) is 11.3. The highest BCUT2D eigenvalue weighted by Gasteiger charge is 2.31. The quantitative estimate of drug-likeness (QED) is 0.609. The number of aliphatic hydroxyl groups is 1. The molecule has 0 bridgehead atoms. The average Bonchev–Trinajstić information content (AvgIpc) is 2.31. The van der Waals surface area contributed by atoms with Crippen molar-refractivity contribution in [3.8, 4) is 0 Å². The van der Waals surface area contributed by atoms with Gasteiger partial charge in [0.1, 0.15) is 0 Å². The minimum atomic E-state index is -1.44. The van der Waals surface area contributed by atoms with E-state index in [-0.39, 0.29) is 6.54 Å². The molecular formula is C13H27NO3. The number of carbonyl (C=O) groups is 1. The summed E-state index contributed by atoms with van der Waals surface area (Å²) in [5.74, 6) is -0.587. The van der Waals surface area contributed by atoms with Gasteiger partial charge in [0.15, 0.2) is 5.60 Å². The zero-order valence-electron chi connectivity index (χ0n) is 11.6. The van der Waals surface area contributed by atoms with Gasteiger partial charge in [-0.3, -0.25) is 0 Å². The van der Waals surface area contributed by atoms with Crippen molar-refractivity contribution in [2.75, 3.05) is 13.7 Å². The van der Waals surface area contributed by atoms with Gasteiger partial charge >= 0.3 is 5.97 Å². The van der Waals surface area contributed by atoms with Gasteiger partial charge in [-0.15, -0.1) is 0 Å². The Kier molecular flexibility index (Phi) is 8.17. The monoisotopic (exact) mass is 245 g/mol. The van der Waals surface area contributed by atoms with Gasteiger partial charge < -0.3 is 15.2 Å². The molecule has 0 saturated carbocycles. The maximum absolute atomic E-state index is 11.3. The molecule has 0 radical (unpaired) electrons. The molecule has 2 atom stereocenters. The predicted octanol–water partition coefficient (Wildman–Crippen LogP) is 1.86. The number of ether oxygens (including phenoxy) is 1. The van der Waals surface area contributed by atoms with Crippen molar-refractivity contribution in [1.82, 2.24) is 5.32 Å². The van der Waals surface area contributed by atoms with Crippen LogP contribution in [0.4, 0.5) is 0 Å². The molecule has 17 heavy (non-hydrogen) atoms. The highest BCUT2D eigenvalue weighted by Crippen LogP contribution is 2.10. The number of hydrogen-bond acceptors (Lipinski definition) is 4. The number of carbonyl (C=O) groups excluding carboxylic acids is 1. The van der Waals surface area contributed by atoms with Crippen molar-refractivity contribution in [2.24, 2.45) is 0 Å². The fraction of sp³-hybridized carbons (Fsp3) is 0.923. The molecule has 2 N–H and O–H groups in total. The minimum absolute atomic E-state index is 0.244. The largest absolute Gasteiger partial charge is 0.467 e. The third-order valence-corrected chi connectivity index (χ3v) is 2.90. The molecule has 0 aliphatic rings. The number of rotatable bonds is 9. The number of hydrogen-bond donors (Lipinski definition) is 2. The first-order chi connectivity index (χ1) is 7.97.